The molecule has 1 aromatic rings. The Balaban J connectivity index is 1.97. The molecule has 0 amide bonds. The number of carbonyl (C=O) groups excluding carboxylic acids is 1. The van der Waals surface area contributed by atoms with E-state index in [-0.39, 0.29) is 11.4 Å². The monoisotopic (exact) mass is 343 g/mol. The molecule has 0 aliphatic heterocycles. The molecule has 1 aliphatic rings. The molecule has 1 aromatic carbocycles. The van der Waals surface area contributed by atoms with Gasteiger partial charge >= 0.3 is 5.97 Å². The van der Waals surface area contributed by atoms with E-state index >= 15 is 0 Å². The summed E-state index contributed by atoms with van der Waals surface area (Å²) in [6.07, 6.45) is 11.0. The summed E-state index contributed by atoms with van der Waals surface area (Å²) in [6.45, 7) is 8.88. The number of allylic oxidation sites excluding steroid dienone is 3. The van der Waals surface area contributed by atoms with E-state index in [1.807, 2.05) is 24.8 Å². The fourth-order valence-corrected chi connectivity index (χ4v) is 4.02. The summed E-state index contributed by atoms with van der Waals surface area (Å²) in [6, 6.07) is 8.66. The molecule has 3 heteroatoms. The van der Waals surface area contributed by atoms with Crippen LogP contribution >= 0.6 is 11.8 Å². The van der Waals surface area contributed by atoms with Crippen molar-refractivity contribution >= 4 is 17.7 Å². The van der Waals surface area contributed by atoms with E-state index in [4.69, 9.17) is 4.74 Å². The minimum atomic E-state index is -0.260. The van der Waals surface area contributed by atoms with Gasteiger partial charge in [-0.2, -0.15) is 0 Å². The number of rotatable bonds is 7. The molecule has 0 heterocycles. The largest absolute Gasteiger partial charge is 0.463 e. The predicted molar refractivity (Wildman–Crippen MR) is 102 cm³/mol. The molecular weight excluding hydrogens is 316 g/mol. The van der Waals surface area contributed by atoms with Crippen molar-refractivity contribution in [2.45, 2.75) is 50.8 Å². The molecule has 129 valence electrons. The van der Waals surface area contributed by atoms with Crippen molar-refractivity contribution in [3.63, 3.8) is 0 Å². The van der Waals surface area contributed by atoms with E-state index < -0.39 is 0 Å². The molecule has 2 nitrogen and oxygen atoms in total. The van der Waals surface area contributed by atoms with Crippen molar-refractivity contribution in [3.8, 4) is 0 Å². The third kappa shape index (κ3) is 5.55. The van der Waals surface area contributed by atoms with Gasteiger partial charge < -0.3 is 4.74 Å². The van der Waals surface area contributed by atoms with Crippen molar-refractivity contribution in [2.75, 3.05) is 6.61 Å². The molecule has 24 heavy (non-hydrogen) atoms. The summed E-state index contributed by atoms with van der Waals surface area (Å²) >= 11 is 1.84. The van der Waals surface area contributed by atoms with Crippen LogP contribution in [0.25, 0.3) is 0 Å². The minimum Gasteiger partial charge on any atom is -0.463 e. The van der Waals surface area contributed by atoms with Crippen LogP contribution in [0.2, 0.25) is 0 Å². The Morgan fingerprint density at radius 1 is 1.38 bits per heavy atom. The Morgan fingerprint density at radius 3 is 2.83 bits per heavy atom. The van der Waals surface area contributed by atoms with Gasteiger partial charge in [-0.1, -0.05) is 41.6 Å². The lowest BCUT2D eigenvalue weighted by atomic mass is 9.77. The highest BCUT2D eigenvalue weighted by atomic mass is 32.2. The SMILES string of the molecule is [CH2][C@@]1(CC/C=C/C(=O)OCC)CCCC=C1Sc1ccc(C)cc1. The summed E-state index contributed by atoms with van der Waals surface area (Å²) in [5, 5.41) is 0. The molecule has 1 atom stereocenters. The van der Waals surface area contributed by atoms with Crippen LogP contribution in [0, 0.1) is 19.3 Å². The van der Waals surface area contributed by atoms with Crippen LogP contribution in [0.4, 0.5) is 0 Å². The van der Waals surface area contributed by atoms with E-state index in [1.165, 1.54) is 27.9 Å². The van der Waals surface area contributed by atoms with Crippen LogP contribution in [0.3, 0.4) is 0 Å². The van der Waals surface area contributed by atoms with Crippen molar-refractivity contribution in [1.82, 2.24) is 0 Å². The normalized spacial score (nSPS) is 20.9. The quantitative estimate of drug-likeness (QED) is 0.457. The lowest BCUT2D eigenvalue weighted by molar-refractivity contribution is -0.137. The van der Waals surface area contributed by atoms with E-state index in [0.717, 1.165) is 25.7 Å². The van der Waals surface area contributed by atoms with Crippen molar-refractivity contribution < 1.29 is 9.53 Å². The molecule has 2 rings (SSSR count). The van der Waals surface area contributed by atoms with Crippen molar-refractivity contribution in [1.29, 1.82) is 0 Å². The topological polar surface area (TPSA) is 26.3 Å². The predicted octanol–water partition coefficient (Wildman–Crippen LogP) is 5.87. The highest BCUT2D eigenvalue weighted by Crippen LogP contribution is 2.48. The van der Waals surface area contributed by atoms with Crippen LogP contribution in [0.15, 0.2) is 52.3 Å². The maximum atomic E-state index is 11.4. The minimum absolute atomic E-state index is 0.0488. The van der Waals surface area contributed by atoms with Gasteiger partial charge in [0.15, 0.2) is 0 Å². The molecule has 1 aliphatic carbocycles. The van der Waals surface area contributed by atoms with Gasteiger partial charge in [0, 0.05) is 16.4 Å². The number of hydrogen-bond acceptors (Lipinski definition) is 3. The second kappa shape index (κ2) is 9.12. The van der Waals surface area contributed by atoms with Gasteiger partial charge in [-0.05, 0) is 69.9 Å². The van der Waals surface area contributed by atoms with Crippen molar-refractivity contribution in [2.24, 2.45) is 5.41 Å². The smallest absolute Gasteiger partial charge is 0.330 e. The maximum Gasteiger partial charge on any atom is 0.330 e. The second-order valence-electron chi connectivity index (χ2n) is 6.35. The van der Waals surface area contributed by atoms with Gasteiger partial charge in [0.25, 0.3) is 0 Å². The zero-order valence-corrected chi connectivity index (χ0v) is 15.5. The summed E-state index contributed by atoms with van der Waals surface area (Å²) in [5.74, 6) is -0.260. The Morgan fingerprint density at radius 2 is 2.12 bits per heavy atom. The Hall–Kier alpha value is -1.48. The molecule has 0 saturated carbocycles. The molecule has 0 spiro atoms. The number of thioether (sulfide) groups is 1. The molecular formula is C21H27O2S. The van der Waals surface area contributed by atoms with Crippen LogP contribution < -0.4 is 0 Å². The maximum absolute atomic E-state index is 11.4. The standard InChI is InChI=1S/C21H27O2S/c1-4-23-20(22)10-6-8-16-21(3)15-7-5-9-19(21)24-18-13-11-17(2)12-14-18/h6,9-14H,3-5,7-8,15-16H2,1-2H3/b10-6+/t21-/m0/s1. The van der Waals surface area contributed by atoms with Crippen LogP contribution in [-0.4, -0.2) is 12.6 Å². The Labute approximate surface area is 150 Å². The lowest BCUT2D eigenvalue weighted by Crippen LogP contribution is -2.21. The molecule has 0 bridgehead atoms. The first-order chi connectivity index (χ1) is 11.5. The van der Waals surface area contributed by atoms with E-state index in [9.17, 15) is 4.79 Å². The molecule has 1 radical (unpaired) electrons. The molecule has 0 unspecified atom stereocenters. The third-order valence-electron chi connectivity index (χ3n) is 4.29. The zero-order chi connectivity index (χ0) is 17.4. The van der Waals surface area contributed by atoms with Crippen molar-refractivity contribution in [3.05, 3.63) is 59.9 Å². The van der Waals surface area contributed by atoms with Gasteiger partial charge in [0.05, 0.1) is 6.61 Å². The molecule has 0 saturated heterocycles. The number of esters is 1. The average molecular weight is 344 g/mol. The summed E-state index contributed by atoms with van der Waals surface area (Å²) < 4.78 is 4.91. The lowest BCUT2D eigenvalue weighted by Gasteiger charge is -2.35. The van der Waals surface area contributed by atoms with Gasteiger partial charge in [-0.25, -0.2) is 4.79 Å². The first-order valence-electron chi connectivity index (χ1n) is 8.67. The Kier molecular flexibility index (Phi) is 7.16. The zero-order valence-electron chi connectivity index (χ0n) is 14.7. The number of benzene rings is 1. The molecule has 0 N–H and O–H groups in total. The van der Waals surface area contributed by atoms with E-state index in [2.05, 4.69) is 44.2 Å². The second-order valence-corrected chi connectivity index (χ2v) is 7.46. The first kappa shape index (κ1) is 18.9. The van der Waals surface area contributed by atoms with E-state index in [0.29, 0.717) is 6.61 Å². The number of ether oxygens (including phenoxy) is 1. The summed E-state index contributed by atoms with van der Waals surface area (Å²) in [4.78, 5) is 14.0. The summed E-state index contributed by atoms with van der Waals surface area (Å²) in [5.41, 5.74) is 1.23. The van der Waals surface area contributed by atoms with Crippen LogP contribution in [-0.2, 0) is 9.53 Å². The average Bonchev–Trinajstić information content (AvgIpc) is 2.56. The van der Waals surface area contributed by atoms with Gasteiger partial charge in [-0.15, -0.1) is 0 Å². The molecule has 0 fully saturated rings. The fourth-order valence-electron chi connectivity index (χ4n) is 2.87. The van der Waals surface area contributed by atoms with Gasteiger partial charge in [0.1, 0.15) is 0 Å². The fraction of sp³-hybridized carbons (Fsp3) is 0.429. The first-order valence-corrected chi connectivity index (χ1v) is 9.49. The summed E-state index contributed by atoms with van der Waals surface area (Å²) in [7, 11) is 0. The number of hydrogen-bond donors (Lipinski definition) is 0. The van der Waals surface area contributed by atoms with Crippen LogP contribution in [0.1, 0.15) is 44.6 Å². The van der Waals surface area contributed by atoms with Gasteiger partial charge in [0.2, 0.25) is 0 Å². The van der Waals surface area contributed by atoms with Crippen LogP contribution in [0.5, 0.6) is 0 Å². The number of aryl methyl sites for hydroxylation is 1. The Bertz CT molecular complexity index is 601. The highest BCUT2D eigenvalue weighted by molar-refractivity contribution is 8.03. The van der Waals surface area contributed by atoms with Gasteiger partial charge in [-0.3, -0.25) is 0 Å². The molecule has 0 aromatic heterocycles. The number of carbonyl (C=O) groups is 1. The third-order valence-corrected chi connectivity index (χ3v) is 5.62. The van der Waals surface area contributed by atoms with E-state index in [1.54, 1.807) is 0 Å². The highest BCUT2D eigenvalue weighted by Gasteiger charge is 2.30.